The average molecular weight is 513 g/mol. The molecule has 1 N–H and O–H groups in total. The van der Waals surface area contributed by atoms with Crippen molar-refractivity contribution >= 4 is 11.4 Å². The van der Waals surface area contributed by atoms with Crippen LogP contribution >= 0.6 is 0 Å². The third-order valence-electron chi connectivity index (χ3n) is 7.63. The first-order valence-corrected chi connectivity index (χ1v) is 15.6. The van der Waals surface area contributed by atoms with Crippen molar-refractivity contribution in [2.45, 2.75) is 125 Å². The van der Waals surface area contributed by atoms with Gasteiger partial charge >= 0.3 is 0 Å². The Bertz CT molecular complexity index is 1080. The lowest BCUT2D eigenvalue weighted by molar-refractivity contribution is -0.347. The van der Waals surface area contributed by atoms with Crippen LogP contribution in [0.2, 0.25) is 0 Å². The molecule has 0 aromatic heterocycles. The summed E-state index contributed by atoms with van der Waals surface area (Å²) >= 11 is 0. The number of benzene rings is 2. The lowest BCUT2D eigenvalue weighted by Crippen LogP contribution is -2.12. The smallest absolute Gasteiger partial charge is 0.215 e. The number of hydrogen-bond donors (Lipinski definition) is 0. The molecule has 2 heteroatoms. The Kier molecular flexibility index (Phi) is 12.4. The molecule has 1 aliphatic heterocycles. The summed E-state index contributed by atoms with van der Waals surface area (Å²) in [5.74, 6) is 9.41. The molecule has 0 saturated heterocycles. The number of hydrogen-bond acceptors (Lipinski definition) is 0. The van der Waals surface area contributed by atoms with Crippen LogP contribution in [0.5, 0.6) is 0 Å². The van der Waals surface area contributed by atoms with E-state index in [1.54, 1.807) is 4.68 Å². The minimum Gasteiger partial charge on any atom is -0.448 e. The summed E-state index contributed by atoms with van der Waals surface area (Å²) in [4.78, 5) is 0. The molecular formula is C36H52N2. The third-order valence-corrected chi connectivity index (χ3v) is 7.63. The molecule has 0 fully saturated rings. The maximum absolute atomic E-state index is 9.41. The summed E-state index contributed by atoms with van der Waals surface area (Å²) in [6.45, 7) is 11.3. The second-order valence-corrected chi connectivity index (χ2v) is 11.2. The van der Waals surface area contributed by atoms with E-state index >= 15 is 0 Å². The van der Waals surface area contributed by atoms with Gasteiger partial charge in [0, 0.05) is 22.8 Å². The highest BCUT2D eigenvalue weighted by Crippen LogP contribution is 2.31. The van der Waals surface area contributed by atoms with Crippen LogP contribution < -0.4 is 0 Å². The molecule has 2 aromatic rings. The van der Waals surface area contributed by atoms with Crippen molar-refractivity contribution in [1.82, 2.24) is 0 Å². The molecule has 0 radical (unpaired) electrons. The van der Waals surface area contributed by atoms with Crippen LogP contribution in [0.3, 0.4) is 0 Å². The van der Waals surface area contributed by atoms with E-state index < -0.39 is 0 Å². The lowest BCUT2D eigenvalue weighted by Gasteiger charge is -2.13. The highest BCUT2D eigenvalue weighted by atomic mass is 15.3. The second kappa shape index (κ2) is 15.7. The standard InChI is InChI=1S/C36H52N2/c1-6-11-16-28-21-29(17-12-7-2)24-33(23-28)35-27-32(20-15-10-5)36(38(35)37)34-25-30(18-13-8-3)22-31(26-34)19-14-9-4/h20-27,37H,6-19H2,1-5H3. The van der Waals surface area contributed by atoms with Crippen molar-refractivity contribution in [3.8, 4) is 0 Å². The van der Waals surface area contributed by atoms with Gasteiger partial charge in [-0.25, -0.2) is 4.68 Å². The first kappa shape index (κ1) is 29.9. The van der Waals surface area contributed by atoms with Gasteiger partial charge in [-0.1, -0.05) is 84.9 Å². The quantitative estimate of drug-likeness (QED) is 0.200. The zero-order valence-electron chi connectivity index (χ0n) is 25.0. The fourth-order valence-electron chi connectivity index (χ4n) is 5.40. The predicted molar refractivity (Wildman–Crippen MR) is 167 cm³/mol. The van der Waals surface area contributed by atoms with Gasteiger partial charge in [-0.05, 0) is 104 Å². The summed E-state index contributed by atoms with van der Waals surface area (Å²) < 4.78 is 1.74. The molecule has 0 amide bonds. The van der Waals surface area contributed by atoms with E-state index in [4.69, 9.17) is 0 Å². The predicted octanol–water partition coefficient (Wildman–Crippen LogP) is 10.6. The van der Waals surface area contributed by atoms with Gasteiger partial charge in [0.2, 0.25) is 11.4 Å². The average Bonchev–Trinajstić information content (AvgIpc) is 3.27. The SMILES string of the molecule is CCCC=C1C=C(c2cc(CCCC)cc(CCCC)c2)[N+]([NH-])=C1c1cc(CCCC)cc(CCCC)c1. The van der Waals surface area contributed by atoms with E-state index in [1.165, 1.54) is 90.3 Å². The molecular weight excluding hydrogens is 460 g/mol. The van der Waals surface area contributed by atoms with Gasteiger partial charge in [-0.2, -0.15) is 0 Å². The molecule has 3 rings (SSSR count). The fraction of sp³-hybridized carbons (Fsp3) is 0.528. The second-order valence-electron chi connectivity index (χ2n) is 11.2. The van der Waals surface area contributed by atoms with E-state index in [2.05, 4.69) is 83.2 Å². The maximum Gasteiger partial charge on any atom is 0.215 e. The number of nitrogens with zero attached hydrogens (tertiary/aromatic N) is 1. The molecule has 1 heterocycles. The van der Waals surface area contributed by atoms with E-state index in [0.717, 1.165) is 49.9 Å². The third kappa shape index (κ3) is 8.19. The highest BCUT2D eigenvalue weighted by Gasteiger charge is 2.29. The first-order valence-electron chi connectivity index (χ1n) is 15.6. The zero-order chi connectivity index (χ0) is 27.3. The van der Waals surface area contributed by atoms with E-state index in [-0.39, 0.29) is 0 Å². The Labute approximate surface area is 233 Å². The van der Waals surface area contributed by atoms with Crippen LogP contribution in [-0.4, -0.2) is 10.4 Å². The molecule has 0 atom stereocenters. The molecule has 2 nitrogen and oxygen atoms in total. The van der Waals surface area contributed by atoms with Crippen molar-refractivity contribution in [3.63, 3.8) is 0 Å². The monoisotopic (exact) mass is 512 g/mol. The van der Waals surface area contributed by atoms with Gasteiger partial charge in [-0.15, -0.1) is 0 Å². The van der Waals surface area contributed by atoms with Crippen molar-refractivity contribution in [2.75, 3.05) is 0 Å². The number of rotatable bonds is 16. The van der Waals surface area contributed by atoms with Gasteiger partial charge in [-0.3, -0.25) is 0 Å². The van der Waals surface area contributed by atoms with Crippen LogP contribution in [-0.2, 0) is 25.7 Å². The van der Waals surface area contributed by atoms with E-state index in [1.807, 2.05) is 0 Å². The van der Waals surface area contributed by atoms with Gasteiger partial charge in [0.05, 0.1) is 0 Å². The van der Waals surface area contributed by atoms with E-state index in [0.29, 0.717) is 0 Å². The Balaban J connectivity index is 2.12. The summed E-state index contributed by atoms with van der Waals surface area (Å²) in [6.07, 6.45) is 20.9. The maximum atomic E-state index is 9.41. The molecule has 1 aliphatic rings. The molecule has 206 valence electrons. The van der Waals surface area contributed by atoms with Gasteiger partial charge in [0.15, 0.2) is 0 Å². The summed E-state index contributed by atoms with van der Waals surface area (Å²) in [7, 11) is 0. The number of unbranched alkanes of at least 4 members (excludes halogenated alkanes) is 5. The first-order chi connectivity index (χ1) is 18.5. The van der Waals surface area contributed by atoms with Crippen LogP contribution in [0.15, 0.2) is 54.1 Å². The molecule has 0 bridgehead atoms. The van der Waals surface area contributed by atoms with Crippen molar-refractivity contribution in [3.05, 3.63) is 93.3 Å². The van der Waals surface area contributed by atoms with Crippen molar-refractivity contribution < 1.29 is 4.68 Å². The summed E-state index contributed by atoms with van der Waals surface area (Å²) in [5, 5.41) is 0. The van der Waals surface area contributed by atoms with Crippen LogP contribution in [0, 0.1) is 0 Å². The zero-order valence-corrected chi connectivity index (χ0v) is 25.0. The Morgan fingerprint density at radius 2 is 1.00 bits per heavy atom. The minimum atomic E-state index is 1.02. The molecule has 0 saturated carbocycles. The molecule has 38 heavy (non-hydrogen) atoms. The molecule has 0 unspecified atom stereocenters. The van der Waals surface area contributed by atoms with Crippen LogP contribution in [0.1, 0.15) is 132 Å². The van der Waals surface area contributed by atoms with Gasteiger partial charge in [0.1, 0.15) is 0 Å². The van der Waals surface area contributed by atoms with Gasteiger partial charge in [0.25, 0.3) is 0 Å². The number of aryl methyl sites for hydroxylation is 4. The number of allylic oxidation sites excluding steroid dienone is 3. The topological polar surface area (TPSA) is 26.8 Å². The lowest BCUT2D eigenvalue weighted by atomic mass is 9.94. The number of nitrogens with one attached hydrogen (secondary N) is 1. The van der Waals surface area contributed by atoms with Crippen LogP contribution in [0.25, 0.3) is 11.5 Å². The normalized spacial score (nSPS) is 14.6. The highest BCUT2D eigenvalue weighted by molar-refractivity contribution is 6.15. The Morgan fingerprint density at radius 3 is 1.39 bits per heavy atom. The van der Waals surface area contributed by atoms with Gasteiger partial charge < -0.3 is 5.84 Å². The summed E-state index contributed by atoms with van der Waals surface area (Å²) in [5.41, 5.74) is 11.4. The Morgan fingerprint density at radius 1 is 0.579 bits per heavy atom. The Hall–Kier alpha value is -2.61. The van der Waals surface area contributed by atoms with Crippen molar-refractivity contribution in [1.29, 1.82) is 0 Å². The molecule has 0 aliphatic carbocycles. The fourth-order valence-corrected chi connectivity index (χ4v) is 5.40. The minimum absolute atomic E-state index is 1.02. The largest absolute Gasteiger partial charge is 0.448 e. The molecule has 0 spiro atoms. The summed E-state index contributed by atoms with van der Waals surface area (Å²) in [6, 6.07) is 14.3. The van der Waals surface area contributed by atoms with Crippen molar-refractivity contribution in [2.24, 2.45) is 0 Å². The van der Waals surface area contributed by atoms with E-state index in [9.17, 15) is 5.84 Å². The molecule has 2 aromatic carbocycles. The van der Waals surface area contributed by atoms with Crippen LogP contribution in [0.4, 0.5) is 0 Å².